The number of allylic oxidation sites excluding steroid dienone is 2. The summed E-state index contributed by atoms with van der Waals surface area (Å²) >= 11 is 0. The molecule has 0 aliphatic heterocycles. The van der Waals surface area contributed by atoms with Crippen molar-refractivity contribution in [3.63, 3.8) is 0 Å². The molecule has 0 aliphatic carbocycles. The summed E-state index contributed by atoms with van der Waals surface area (Å²) in [7, 11) is 0. The fourth-order valence-corrected chi connectivity index (χ4v) is 2.30. The fourth-order valence-electron chi connectivity index (χ4n) is 2.30. The molecule has 0 heterocycles. The number of benzene rings is 2. The van der Waals surface area contributed by atoms with E-state index in [0.717, 1.165) is 11.1 Å². The van der Waals surface area contributed by atoms with Crippen LogP contribution in [-0.2, 0) is 14.3 Å². The Labute approximate surface area is 208 Å². The van der Waals surface area contributed by atoms with Crippen molar-refractivity contribution in [2.24, 2.45) is 0 Å². The summed E-state index contributed by atoms with van der Waals surface area (Å²) < 4.78 is 15.2. The molecule has 0 amide bonds. The Bertz CT molecular complexity index is 1030. The Balaban J connectivity index is 0.000000518. The number of carbonyl (C=O) groups excluding carboxylic acids is 2. The van der Waals surface area contributed by atoms with E-state index in [0.29, 0.717) is 11.3 Å². The zero-order valence-corrected chi connectivity index (χ0v) is 21.6. The van der Waals surface area contributed by atoms with Gasteiger partial charge in [0.15, 0.2) is 0 Å². The average Bonchev–Trinajstić information content (AvgIpc) is 2.71. The molecule has 2 aromatic rings. The lowest BCUT2D eigenvalue weighted by molar-refractivity contribution is -0.149. The van der Waals surface area contributed by atoms with E-state index in [2.05, 4.69) is 6.58 Å². The van der Waals surface area contributed by atoms with Crippen LogP contribution in [0.15, 0.2) is 72.8 Å². The van der Waals surface area contributed by atoms with Crippen molar-refractivity contribution in [2.75, 3.05) is 0 Å². The molecule has 2 rings (SSSR count). The van der Waals surface area contributed by atoms with Gasteiger partial charge < -0.3 is 19.3 Å². The molecule has 1 N–H and O–H groups in total. The Kier molecular flexibility index (Phi) is 11.0. The van der Waals surface area contributed by atoms with Crippen LogP contribution in [0, 0.1) is 0 Å². The van der Waals surface area contributed by atoms with Crippen LogP contribution in [0.25, 0.3) is 12.2 Å². The molecule has 0 radical (unpaired) electrons. The summed E-state index contributed by atoms with van der Waals surface area (Å²) in [6.45, 7) is 15.9. The summed E-state index contributed by atoms with van der Waals surface area (Å²) in [5.74, 6) is 0.361. The van der Waals surface area contributed by atoms with Crippen molar-refractivity contribution in [3.05, 3.63) is 84.0 Å². The predicted octanol–water partition coefficient (Wildman–Crippen LogP) is 7.34. The van der Waals surface area contributed by atoms with Gasteiger partial charge in [-0.25, -0.2) is 9.59 Å². The highest BCUT2D eigenvalue weighted by Crippen LogP contribution is 2.16. The molecule has 6 heteroatoms. The van der Waals surface area contributed by atoms with E-state index in [1.165, 1.54) is 0 Å². The molecule has 0 bridgehead atoms. The number of phenols is 1. The lowest BCUT2D eigenvalue weighted by Crippen LogP contribution is -2.25. The minimum absolute atomic E-state index is 0.251. The number of aromatic hydroxyl groups is 1. The maximum atomic E-state index is 11.6. The number of carbonyl (C=O) groups is 2. The van der Waals surface area contributed by atoms with Crippen LogP contribution in [0.2, 0.25) is 0 Å². The van der Waals surface area contributed by atoms with Gasteiger partial charge in [-0.15, -0.1) is 0 Å². The van der Waals surface area contributed by atoms with Crippen molar-refractivity contribution >= 4 is 24.3 Å². The van der Waals surface area contributed by atoms with Gasteiger partial charge in [-0.2, -0.15) is 0 Å². The molecule has 0 atom stereocenters. The van der Waals surface area contributed by atoms with Gasteiger partial charge in [-0.3, -0.25) is 0 Å². The van der Waals surface area contributed by atoms with E-state index < -0.39 is 17.4 Å². The first kappa shape index (κ1) is 29.2. The average molecular weight is 481 g/mol. The Morgan fingerprint density at radius 3 is 1.57 bits per heavy atom. The van der Waals surface area contributed by atoms with E-state index >= 15 is 0 Å². The highest BCUT2D eigenvalue weighted by molar-refractivity contribution is 5.87. The molecule has 2 aromatic carbocycles. The lowest BCUT2D eigenvalue weighted by Gasteiger charge is -2.19. The Morgan fingerprint density at radius 2 is 1.20 bits per heavy atom. The molecule has 0 spiro atoms. The van der Waals surface area contributed by atoms with Crippen LogP contribution < -0.4 is 4.74 Å². The molecule has 6 nitrogen and oxygen atoms in total. The van der Waals surface area contributed by atoms with E-state index in [1.807, 2.05) is 69.3 Å². The van der Waals surface area contributed by atoms with Crippen molar-refractivity contribution in [2.45, 2.75) is 59.7 Å². The van der Waals surface area contributed by atoms with Gasteiger partial charge in [0, 0.05) is 5.57 Å². The SMILES string of the molecule is C=C(C)C(=O)OC(C)(C)C.CC(C)(C)OC(=O)Oc1ccc(C=CC=Cc2ccc(O)cc2)cc1. The van der Waals surface area contributed by atoms with Gasteiger partial charge in [0.1, 0.15) is 22.7 Å². The van der Waals surface area contributed by atoms with Gasteiger partial charge >= 0.3 is 12.1 Å². The number of esters is 1. The highest BCUT2D eigenvalue weighted by atomic mass is 16.7. The third-order valence-corrected chi connectivity index (χ3v) is 3.80. The van der Waals surface area contributed by atoms with Crippen molar-refractivity contribution in [1.29, 1.82) is 0 Å². The third kappa shape index (κ3) is 14.1. The fraction of sp³-hybridized carbons (Fsp3) is 0.310. The third-order valence-electron chi connectivity index (χ3n) is 3.80. The first-order chi connectivity index (χ1) is 16.1. The number of hydrogen-bond acceptors (Lipinski definition) is 6. The van der Waals surface area contributed by atoms with Crippen LogP contribution in [0.3, 0.4) is 0 Å². The largest absolute Gasteiger partial charge is 0.514 e. The minimum Gasteiger partial charge on any atom is -0.508 e. The van der Waals surface area contributed by atoms with E-state index in [9.17, 15) is 14.7 Å². The Hall–Kier alpha value is -3.80. The molecule has 0 unspecified atom stereocenters. The van der Waals surface area contributed by atoms with E-state index in [1.54, 1.807) is 52.0 Å². The standard InChI is InChI=1S/C21H22O4.C8H14O2/c1-21(2,3)25-20(23)24-19-14-10-17(11-15-19)7-5-4-6-16-8-12-18(22)13-9-16;1-6(2)7(9)10-8(3,4)5/h4-15,22H,1-3H3;1H2,2-5H3. The number of phenolic OH excluding ortho intramolecular Hbond substituents is 1. The van der Waals surface area contributed by atoms with E-state index in [-0.39, 0.29) is 11.7 Å². The van der Waals surface area contributed by atoms with Crippen LogP contribution in [0.4, 0.5) is 4.79 Å². The molecule has 0 aromatic heterocycles. The summed E-state index contributed by atoms with van der Waals surface area (Å²) in [6, 6.07) is 14.1. The minimum atomic E-state index is -0.715. The molecule has 0 aliphatic rings. The quantitative estimate of drug-likeness (QED) is 0.209. The first-order valence-electron chi connectivity index (χ1n) is 11.2. The highest BCUT2D eigenvalue weighted by Gasteiger charge is 2.18. The van der Waals surface area contributed by atoms with Crippen LogP contribution >= 0.6 is 0 Å². The number of rotatable bonds is 5. The van der Waals surface area contributed by atoms with Gasteiger partial charge in [0.05, 0.1) is 0 Å². The van der Waals surface area contributed by atoms with Crippen LogP contribution in [-0.4, -0.2) is 28.4 Å². The normalized spacial score (nSPS) is 11.5. The van der Waals surface area contributed by atoms with Crippen molar-refractivity contribution in [3.8, 4) is 11.5 Å². The molecule has 0 saturated carbocycles. The second kappa shape index (κ2) is 13.2. The maximum absolute atomic E-state index is 11.6. The molecule has 0 saturated heterocycles. The van der Waals surface area contributed by atoms with Crippen molar-refractivity contribution in [1.82, 2.24) is 0 Å². The lowest BCUT2D eigenvalue weighted by atomic mass is 10.2. The molecular weight excluding hydrogens is 444 g/mol. The van der Waals surface area contributed by atoms with Crippen LogP contribution in [0.1, 0.15) is 59.6 Å². The molecule has 35 heavy (non-hydrogen) atoms. The zero-order chi connectivity index (χ0) is 26.6. The second-order valence-electron chi connectivity index (χ2n) is 9.73. The summed E-state index contributed by atoms with van der Waals surface area (Å²) in [4.78, 5) is 22.4. The topological polar surface area (TPSA) is 82.1 Å². The van der Waals surface area contributed by atoms with E-state index in [4.69, 9.17) is 14.2 Å². The first-order valence-corrected chi connectivity index (χ1v) is 11.2. The number of ether oxygens (including phenoxy) is 3. The molecule has 188 valence electrons. The van der Waals surface area contributed by atoms with Gasteiger partial charge in [0.25, 0.3) is 0 Å². The summed E-state index contributed by atoms with van der Waals surface area (Å²) in [5.41, 5.74) is 1.44. The summed E-state index contributed by atoms with van der Waals surface area (Å²) in [5, 5.41) is 9.23. The molecule has 0 fully saturated rings. The van der Waals surface area contributed by atoms with Gasteiger partial charge in [-0.05, 0) is 83.9 Å². The molecular formula is C29H36O6. The Morgan fingerprint density at radius 1 is 0.771 bits per heavy atom. The van der Waals surface area contributed by atoms with Crippen LogP contribution in [0.5, 0.6) is 11.5 Å². The smallest absolute Gasteiger partial charge is 0.508 e. The number of hydrogen-bond donors (Lipinski definition) is 1. The maximum Gasteiger partial charge on any atom is 0.514 e. The zero-order valence-electron chi connectivity index (χ0n) is 21.6. The second-order valence-corrected chi connectivity index (χ2v) is 9.73. The monoisotopic (exact) mass is 480 g/mol. The van der Waals surface area contributed by atoms with Gasteiger partial charge in [0.2, 0.25) is 0 Å². The van der Waals surface area contributed by atoms with Crippen molar-refractivity contribution < 1.29 is 28.9 Å². The summed E-state index contributed by atoms with van der Waals surface area (Å²) in [6.07, 6.45) is 6.99. The predicted molar refractivity (Wildman–Crippen MR) is 140 cm³/mol. The van der Waals surface area contributed by atoms with Gasteiger partial charge in [-0.1, -0.05) is 55.1 Å².